The average Bonchev–Trinajstić information content (AvgIpc) is 3.27. The van der Waals surface area contributed by atoms with Crippen LogP contribution >= 0.6 is 0 Å². The highest BCUT2D eigenvalue weighted by atomic mass is 16.6. The van der Waals surface area contributed by atoms with Crippen LogP contribution in [0.2, 0.25) is 0 Å². The van der Waals surface area contributed by atoms with E-state index in [4.69, 9.17) is 4.84 Å². The fraction of sp³-hybridized carbons (Fsp3) is 0.0909. The second-order valence-corrected chi connectivity index (χ2v) is 6.26. The number of benzene rings is 2. The summed E-state index contributed by atoms with van der Waals surface area (Å²) >= 11 is 0. The van der Waals surface area contributed by atoms with Gasteiger partial charge in [0.1, 0.15) is 5.82 Å². The number of nitrogens with zero attached hydrogens (tertiary/aromatic N) is 4. The third-order valence-corrected chi connectivity index (χ3v) is 4.54. The van der Waals surface area contributed by atoms with Gasteiger partial charge < -0.3 is 9.40 Å². The second-order valence-electron chi connectivity index (χ2n) is 6.26. The fourth-order valence-corrected chi connectivity index (χ4v) is 3.21. The molecule has 5 nitrogen and oxygen atoms in total. The molecule has 5 heteroatoms. The SMILES string of the molecule is C=NO/C(=C\c1ccccc1)n1cc(Cn2ccnc2C)c2ccccc21. The van der Waals surface area contributed by atoms with Crippen LogP contribution in [0, 0.1) is 6.92 Å². The Bertz CT molecular complexity index is 1110. The van der Waals surface area contributed by atoms with Crippen LogP contribution in [0.15, 0.2) is 78.3 Å². The summed E-state index contributed by atoms with van der Waals surface area (Å²) in [5.74, 6) is 1.58. The maximum atomic E-state index is 5.53. The van der Waals surface area contributed by atoms with Crippen molar-refractivity contribution in [3.8, 4) is 0 Å². The van der Waals surface area contributed by atoms with E-state index in [0.29, 0.717) is 5.88 Å². The Kier molecular flexibility index (Phi) is 4.58. The van der Waals surface area contributed by atoms with Crippen molar-refractivity contribution in [2.24, 2.45) is 5.16 Å². The van der Waals surface area contributed by atoms with Crippen LogP contribution in [0.3, 0.4) is 0 Å². The Balaban J connectivity index is 1.84. The van der Waals surface area contributed by atoms with Crippen molar-refractivity contribution in [2.75, 3.05) is 0 Å². The van der Waals surface area contributed by atoms with Crippen LogP contribution in [0.1, 0.15) is 17.0 Å². The number of para-hydroxylation sites is 1. The highest BCUT2D eigenvalue weighted by Gasteiger charge is 2.13. The van der Waals surface area contributed by atoms with Gasteiger partial charge in [0, 0.05) is 36.8 Å². The van der Waals surface area contributed by atoms with Gasteiger partial charge >= 0.3 is 0 Å². The Morgan fingerprint density at radius 3 is 2.67 bits per heavy atom. The van der Waals surface area contributed by atoms with E-state index in [2.05, 4.69) is 39.8 Å². The number of hydrogen-bond donors (Lipinski definition) is 0. The molecule has 134 valence electrons. The minimum atomic E-state index is 0.598. The number of imidazole rings is 1. The zero-order valence-corrected chi connectivity index (χ0v) is 15.1. The van der Waals surface area contributed by atoms with E-state index >= 15 is 0 Å². The van der Waals surface area contributed by atoms with Gasteiger partial charge in [-0.25, -0.2) is 4.98 Å². The maximum absolute atomic E-state index is 5.53. The molecule has 0 bridgehead atoms. The molecule has 4 rings (SSSR count). The molecule has 0 amide bonds. The molecule has 0 N–H and O–H groups in total. The predicted molar refractivity (Wildman–Crippen MR) is 109 cm³/mol. The molecule has 0 radical (unpaired) electrons. The van der Waals surface area contributed by atoms with Crippen LogP contribution in [0.25, 0.3) is 22.9 Å². The smallest absolute Gasteiger partial charge is 0.234 e. The van der Waals surface area contributed by atoms with Crippen LogP contribution in [-0.4, -0.2) is 20.8 Å². The van der Waals surface area contributed by atoms with Gasteiger partial charge in [-0.05, 0) is 24.1 Å². The molecule has 2 aromatic heterocycles. The second kappa shape index (κ2) is 7.33. The van der Waals surface area contributed by atoms with Crippen LogP contribution in [0.4, 0.5) is 0 Å². The zero-order chi connectivity index (χ0) is 18.6. The molecule has 2 aromatic carbocycles. The lowest BCUT2D eigenvalue weighted by molar-refractivity contribution is 0.284. The largest absolute Gasteiger partial charge is 0.339 e. The van der Waals surface area contributed by atoms with Crippen molar-refractivity contribution in [2.45, 2.75) is 13.5 Å². The van der Waals surface area contributed by atoms with Crippen molar-refractivity contribution in [1.82, 2.24) is 14.1 Å². The minimum Gasteiger partial charge on any atom is -0.339 e. The van der Waals surface area contributed by atoms with Crippen LogP contribution in [-0.2, 0) is 11.4 Å². The molecular weight excluding hydrogens is 336 g/mol. The molecule has 0 aliphatic carbocycles. The van der Waals surface area contributed by atoms with E-state index in [1.54, 1.807) is 0 Å². The van der Waals surface area contributed by atoms with Crippen LogP contribution < -0.4 is 0 Å². The van der Waals surface area contributed by atoms with E-state index in [0.717, 1.165) is 28.8 Å². The molecule has 0 unspecified atom stereocenters. The third-order valence-electron chi connectivity index (χ3n) is 4.54. The first-order chi connectivity index (χ1) is 13.3. The molecule has 0 fully saturated rings. The van der Waals surface area contributed by atoms with E-state index < -0.39 is 0 Å². The van der Waals surface area contributed by atoms with Crippen molar-refractivity contribution in [3.05, 3.63) is 90.1 Å². The highest BCUT2D eigenvalue weighted by Crippen LogP contribution is 2.27. The van der Waals surface area contributed by atoms with E-state index in [1.807, 2.05) is 72.4 Å². The molecule has 0 atom stereocenters. The summed E-state index contributed by atoms with van der Waals surface area (Å²) in [4.78, 5) is 9.85. The molecule has 0 aliphatic rings. The number of rotatable bonds is 6. The zero-order valence-electron chi connectivity index (χ0n) is 15.1. The fourth-order valence-electron chi connectivity index (χ4n) is 3.21. The summed E-state index contributed by atoms with van der Waals surface area (Å²) in [6.07, 6.45) is 7.85. The summed E-state index contributed by atoms with van der Waals surface area (Å²) < 4.78 is 4.14. The minimum absolute atomic E-state index is 0.598. The molecule has 0 saturated carbocycles. The number of aryl methyl sites for hydroxylation is 1. The van der Waals surface area contributed by atoms with Crippen molar-refractivity contribution >= 4 is 29.6 Å². The van der Waals surface area contributed by atoms with Gasteiger partial charge in [0.15, 0.2) is 0 Å². The van der Waals surface area contributed by atoms with Gasteiger partial charge in [-0.2, -0.15) is 0 Å². The van der Waals surface area contributed by atoms with Gasteiger partial charge in [-0.1, -0.05) is 53.7 Å². The molecule has 0 aliphatic heterocycles. The summed E-state index contributed by atoms with van der Waals surface area (Å²) in [5, 5.41) is 4.82. The number of hydrogen-bond acceptors (Lipinski definition) is 3. The Morgan fingerprint density at radius 1 is 1.15 bits per heavy atom. The van der Waals surface area contributed by atoms with Crippen LogP contribution in [0.5, 0.6) is 0 Å². The van der Waals surface area contributed by atoms with Gasteiger partial charge in [0.25, 0.3) is 0 Å². The first-order valence-electron chi connectivity index (χ1n) is 8.73. The van der Waals surface area contributed by atoms with Gasteiger partial charge in [0.2, 0.25) is 5.88 Å². The normalized spacial score (nSPS) is 11.7. The monoisotopic (exact) mass is 356 g/mol. The Hall–Kier alpha value is -3.60. The molecule has 27 heavy (non-hydrogen) atoms. The maximum Gasteiger partial charge on any atom is 0.234 e. The Morgan fingerprint density at radius 2 is 1.93 bits per heavy atom. The van der Waals surface area contributed by atoms with E-state index in [1.165, 1.54) is 5.56 Å². The highest BCUT2D eigenvalue weighted by molar-refractivity contribution is 5.88. The standard InChI is InChI=1S/C22H20N4O/c1-17-24-12-13-25(17)15-19-16-26(21-11-7-6-10-20(19)21)22(27-23-2)14-18-8-4-3-5-9-18/h3-14,16H,2,15H2,1H3/b22-14-. The van der Waals surface area contributed by atoms with Crippen molar-refractivity contribution in [3.63, 3.8) is 0 Å². The number of fused-ring (bicyclic) bond motifs is 1. The predicted octanol–water partition coefficient (Wildman–Crippen LogP) is 4.78. The quantitative estimate of drug-likeness (QED) is 0.283. The summed E-state index contributed by atoms with van der Waals surface area (Å²) in [6.45, 7) is 6.23. The average molecular weight is 356 g/mol. The molecular formula is C22H20N4O. The molecule has 4 aromatic rings. The summed E-state index contributed by atoms with van der Waals surface area (Å²) in [5.41, 5.74) is 3.26. The van der Waals surface area contributed by atoms with E-state index in [9.17, 15) is 0 Å². The third kappa shape index (κ3) is 3.40. The molecule has 0 saturated heterocycles. The molecule has 0 spiro atoms. The topological polar surface area (TPSA) is 44.3 Å². The van der Waals surface area contributed by atoms with Crippen molar-refractivity contribution in [1.29, 1.82) is 0 Å². The molecule has 2 heterocycles. The lowest BCUT2D eigenvalue weighted by Gasteiger charge is -2.08. The number of aromatic nitrogens is 3. The summed E-state index contributed by atoms with van der Waals surface area (Å²) in [7, 11) is 0. The van der Waals surface area contributed by atoms with Gasteiger partial charge in [-0.15, -0.1) is 0 Å². The van der Waals surface area contributed by atoms with E-state index in [-0.39, 0.29) is 0 Å². The summed E-state index contributed by atoms with van der Waals surface area (Å²) in [6, 6.07) is 18.3. The van der Waals surface area contributed by atoms with Gasteiger partial charge in [0.05, 0.1) is 12.1 Å². The number of oxime groups is 1. The lowest BCUT2D eigenvalue weighted by Crippen LogP contribution is -2.00. The Labute approximate surface area is 157 Å². The van der Waals surface area contributed by atoms with Crippen molar-refractivity contribution < 1.29 is 4.84 Å². The van der Waals surface area contributed by atoms with Gasteiger partial charge in [-0.3, -0.25) is 4.57 Å². The first kappa shape index (κ1) is 16.8. The first-order valence-corrected chi connectivity index (χ1v) is 8.73. The lowest BCUT2D eigenvalue weighted by atomic mass is 10.2.